The summed E-state index contributed by atoms with van der Waals surface area (Å²) in [4.78, 5) is 24.5. The average Bonchev–Trinajstić information content (AvgIpc) is 2.64. The van der Waals surface area contributed by atoms with Gasteiger partial charge in [-0.3, -0.25) is 9.59 Å². The number of aliphatic hydroxyl groups excluding tert-OH is 1. The summed E-state index contributed by atoms with van der Waals surface area (Å²) < 4.78 is 5.62. The maximum Gasteiger partial charge on any atom is 0.233 e. The van der Waals surface area contributed by atoms with Crippen molar-refractivity contribution in [3.05, 3.63) is 65.2 Å². The number of unbranched alkanes of at least 4 members (excludes halogenated alkanes) is 3. The van der Waals surface area contributed by atoms with Crippen molar-refractivity contribution in [2.45, 2.75) is 32.6 Å². The Kier molecular flexibility index (Phi) is 7.36. The molecule has 25 heavy (non-hydrogen) atoms. The lowest BCUT2D eigenvalue weighted by atomic mass is 10.0. The molecule has 132 valence electrons. The first-order valence-corrected chi connectivity index (χ1v) is 8.61. The molecule has 0 aliphatic heterocycles. The molecule has 0 bridgehead atoms. The van der Waals surface area contributed by atoms with Crippen molar-refractivity contribution in [1.29, 1.82) is 0 Å². The summed E-state index contributed by atoms with van der Waals surface area (Å²) in [6.45, 7) is 2.76. The number of aliphatic hydroxyl groups is 1. The van der Waals surface area contributed by atoms with Crippen molar-refractivity contribution < 1.29 is 19.4 Å². The number of carbonyl (C=O) groups excluding carboxylic acids is 2. The number of carbonyl (C=O) groups is 2. The van der Waals surface area contributed by atoms with Crippen molar-refractivity contribution in [1.82, 2.24) is 0 Å². The second-order valence-electron chi connectivity index (χ2n) is 6.03. The van der Waals surface area contributed by atoms with Gasteiger partial charge >= 0.3 is 0 Å². The Morgan fingerprint density at radius 2 is 1.32 bits per heavy atom. The minimum absolute atomic E-state index is 0.234. The first-order valence-electron chi connectivity index (χ1n) is 8.61. The number of rotatable bonds is 10. The summed E-state index contributed by atoms with van der Waals surface area (Å²) in [7, 11) is 0. The smallest absolute Gasteiger partial charge is 0.233 e. The molecule has 2 aromatic rings. The molecule has 2 aromatic carbocycles. The van der Waals surface area contributed by atoms with Crippen molar-refractivity contribution in [3.8, 4) is 5.75 Å². The lowest BCUT2D eigenvalue weighted by molar-refractivity contribution is 0.0817. The third-order valence-corrected chi connectivity index (χ3v) is 3.96. The Morgan fingerprint density at radius 1 is 0.800 bits per heavy atom. The minimum atomic E-state index is -0.514. The molecular weight excluding hydrogens is 316 g/mol. The number of ether oxygens (including phenoxy) is 1. The van der Waals surface area contributed by atoms with E-state index in [2.05, 4.69) is 0 Å². The van der Waals surface area contributed by atoms with E-state index in [9.17, 15) is 9.59 Å². The van der Waals surface area contributed by atoms with Crippen molar-refractivity contribution in [3.63, 3.8) is 0 Å². The predicted octanol–water partition coefficient (Wildman–Crippen LogP) is 3.99. The largest absolute Gasteiger partial charge is 0.494 e. The van der Waals surface area contributed by atoms with Crippen LogP contribution in [0.1, 0.15) is 52.0 Å². The van der Waals surface area contributed by atoms with Crippen LogP contribution in [-0.2, 0) is 0 Å². The van der Waals surface area contributed by atoms with Crippen LogP contribution >= 0.6 is 0 Å². The third-order valence-electron chi connectivity index (χ3n) is 3.96. The maximum absolute atomic E-state index is 12.3. The van der Waals surface area contributed by atoms with Gasteiger partial charge in [0.05, 0.1) is 6.61 Å². The maximum atomic E-state index is 12.3. The Bertz CT molecular complexity index is 687. The van der Waals surface area contributed by atoms with Gasteiger partial charge in [-0.1, -0.05) is 36.2 Å². The van der Waals surface area contributed by atoms with Gasteiger partial charge < -0.3 is 9.84 Å². The molecule has 2 rings (SSSR count). The van der Waals surface area contributed by atoms with Crippen molar-refractivity contribution in [2.75, 3.05) is 13.2 Å². The molecule has 0 heterocycles. The first-order chi connectivity index (χ1) is 12.1. The highest BCUT2D eigenvalue weighted by Gasteiger charge is 2.18. The standard InChI is InChI=1S/C21H24O4/c1-16-6-8-17(9-7-16)20(23)21(24)18-10-12-19(13-11-18)25-15-5-3-2-4-14-22/h6-13,22H,2-5,14-15H2,1H3. The molecule has 0 fully saturated rings. The summed E-state index contributed by atoms with van der Waals surface area (Å²) in [5.74, 6) is -0.335. The van der Waals surface area contributed by atoms with E-state index in [4.69, 9.17) is 9.84 Å². The number of aryl methyl sites for hydroxylation is 1. The Morgan fingerprint density at radius 3 is 1.88 bits per heavy atom. The van der Waals surface area contributed by atoms with E-state index in [0.717, 1.165) is 31.2 Å². The van der Waals surface area contributed by atoms with Crippen LogP contribution in [0, 0.1) is 6.92 Å². The fraction of sp³-hybridized carbons (Fsp3) is 0.333. The lowest BCUT2D eigenvalue weighted by Crippen LogP contribution is -2.14. The lowest BCUT2D eigenvalue weighted by Gasteiger charge is -2.07. The average molecular weight is 340 g/mol. The molecular formula is C21H24O4. The zero-order chi connectivity index (χ0) is 18.1. The van der Waals surface area contributed by atoms with Crippen LogP contribution in [0.15, 0.2) is 48.5 Å². The molecule has 0 atom stereocenters. The van der Waals surface area contributed by atoms with E-state index < -0.39 is 11.6 Å². The fourth-order valence-electron chi connectivity index (χ4n) is 2.43. The molecule has 0 aliphatic rings. The van der Waals surface area contributed by atoms with Gasteiger partial charge in [-0.25, -0.2) is 0 Å². The molecule has 4 heteroatoms. The topological polar surface area (TPSA) is 63.6 Å². The van der Waals surface area contributed by atoms with Gasteiger partial charge in [-0.15, -0.1) is 0 Å². The van der Waals surface area contributed by atoms with Gasteiger partial charge in [-0.05, 0) is 50.5 Å². The molecule has 0 amide bonds. The Labute approximate surface area is 148 Å². The van der Waals surface area contributed by atoms with E-state index in [1.54, 1.807) is 36.4 Å². The molecule has 0 saturated heterocycles. The minimum Gasteiger partial charge on any atom is -0.494 e. The molecule has 1 N–H and O–H groups in total. The predicted molar refractivity (Wildman–Crippen MR) is 97.3 cm³/mol. The van der Waals surface area contributed by atoms with Gasteiger partial charge in [0, 0.05) is 17.7 Å². The van der Waals surface area contributed by atoms with Crippen LogP contribution in [0.4, 0.5) is 0 Å². The molecule has 0 radical (unpaired) electrons. The molecule has 0 aromatic heterocycles. The fourth-order valence-corrected chi connectivity index (χ4v) is 2.43. The van der Waals surface area contributed by atoms with E-state index >= 15 is 0 Å². The van der Waals surface area contributed by atoms with Crippen molar-refractivity contribution in [2.24, 2.45) is 0 Å². The van der Waals surface area contributed by atoms with E-state index in [1.807, 2.05) is 19.1 Å². The van der Waals surface area contributed by atoms with E-state index in [-0.39, 0.29) is 6.61 Å². The number of hydrogen-bond acceptors (Lipinski definition) is 4. The van der Waals surface area contributed by atoms with Crippen LogP contribution in [0.3, 0.4) is 0 Å². The van der Waals surface area contributed by atoms with Gasteiger partial charge in [0.25, 0.3) is 0 Å². The summed E-state index contributed by atoms with van der Waals surface area (Å²) in [5, 5.41) is 8.71. The zero-order valence-electron chi connectivity index (χ0n) is 14.5. The van der Waals surface area contributed by atoms with E-state index in [0.29, 0.717) is 23.5 Å². The van der Waals surface area contributed by atoms with Crippen LogP contribution in [0.2, 0.25) is 0 Å². The normalized spacial score (nSPS) is 10.5. The molecule has 0 spiro atoms. The summed E-state index contributed by atoms with van der Waals surface area (Å²) in [6.07, 6.45) is 3.76. The van der Waals surface area contributed by atoms with Crippen LogP contribution in [0.5, 0.6) is 5.75 Å². The highest BCUT2D eigenvalue weighted by Crippen LogP contribution is 2.15. The number of hydrogen-bond donors (Lipinski definition) is 1. The number of ketones is 2. The van der Waals surface area contributed by atoms with Gasteiger partial charge in [-0.2, -0.15) is 0 Å². The molecule has 0 unspecified atom stereocenters. The molecule has 0 saturated carbocycles. The Hall–Kier alpha value is -2.46. The van der Waals surface area contributed by atoms with Crippen LogP contribution in [-0.4, -0.2) is 29.9 Å². The Balaban J connectivity index is 1.87. The highest BCUT2D eigenvalue weighted by molar-refractivity contribution is 6.49. The number of benzene rings is 2. The second-order valence-corrected chi connectivity index (χ2v) is 6.03. The third kappa shape index (κ3) is 5.84. The molecule has 4 nitrogen and oxygen atoms in total. The number of Topliss-reactive ketones (excluding diaryl/α,β-unsaturated/α-hetero) is 2. The van der Waals surface area contributed by atoms with E-state index in [1.165, 1.54) is 0 Å². The van der Waals surface area contributed by atoms with Crippen LogP contribution in [0.25, 0.3) is 0 Å². The van der Waals surface area contributed by atoms with Gasteiger partial charge in [0.1, 0.15) is 5.75 Å². The first kappa shape index (κ1) is 18.9. The van der Waals surface area contributed by atoms with Gasteiger partial charge in [0.15, 0.2) is 0 Å². The molecule has 0 aliphatic carbocycles. The quantitative estimate of drug-likeness (QED) is 0.403. The second kappa shape index (κ2) is 9.74. The summed E-state index contributed by atoms with van der Waals surface area (Å²) in [6, 6.07) is 13.6. The van der Waals surface area contributed by atoms with Crippen LogP contribution < -0.4 is 4.74 Å². The highest BCUT2D eigenvalue weighted by atomic mass is 16.5. The SMILES string of the molecule is Cc1ccc(C(=O)C(=O)c2ccc(OCCCCCCO)cc2)cc1. The van der Waals surface area contributed by atoms with Gasteiger partial charge in [0.2, 0.25) is 11.6 Å². The monoisotopic (exact) mass is 340 g/mol. The summed E-state index contributed by atoms with van der Waals surface area (Å²) >= 11 is 0. The zero-order valence-corrected chi connectivity index (χ0v) is 14.5. The van der Waals surface area contributed by atoms with Crippen molar-refractivity contribution >= 4 is 11.6 Å². The summed E-state index contributed by atoms with van der Waals surface area (Å²) in [5.41, 5.74) is 1.81.